The Balaban J connectivity index is 1.21. The van der Waals surface area contributed by atoms with Crippen LogP contribution in [0.15, 0.2) is 139 Å². The first-order valence-electron chi connectivity index (χ1n) is 17.1. The van der Waals surface area contributed by atoms with Gasteiger partial charge in [0.2, 0.25) is 0 Å². The van der Waals surface area contributed by atoms with E-state index in [1.807, 2.05) is 109 Å². The lowest BCUT2D eigenvalue weighted by molar-refractivity contribution is -0.0502. The minimum atomic E-state index is -1.22. The molecule has 2 amide bonds. The summed E-state index contributed by atoms with van der Waals surface area (Å²) in [4.78, 5) is 18.6. The molecule has 3 aliphatic rings. The van der Waals surface area contributed by atoms with E-state index >= 15 is 4.79 Å². The molecule has 4 aromatic rings. The van der Waals surface area contributed by atoms with E-state index < -0.39 is 29.4 Å². The molecule has 0 bridgehead atoms. The molecule has 4 aromatic carbocycles. The average Bonchev–Trinajstić information content (AvgIpc) is 3.89. The summed E-state index contributed by atoms with van der Waals surface area (Å²) < 4.78 is 6.33. The summed E-state index contributed by atoms with van der Waals surface area (Å²) in [6.07, 6.45) is 5.34. The molecule has 252 valence electrons. The monoisotopic (exact) mass is 656 g/mol. The number of hydrogen-bond donors (Lipinski definition) is 3. The number of aromatic hydroxyl groups is 1. The maximum Gasteiger partial charge on any atom is 0.321 e. The molecule has 7 heteroatoms. The van der Waals surface area contributed by atoms with Crippen LogP contribution < -0.4 is 0 Å². The Morgan fingerprint density at radius 3 is 1.98 bits per heavy atom. The molecule has 49 heavy (non-hydrogen) atoms. The standard InChI is InChI=1S/C42H44N2O5/c1-41(49-29-33-15-9-4-10-16-33)23-21-30(22-24-41)25-37-38(46)39(47)42(26-36(42)34-17-19-35(45)20-18-34)44(28-32-13-7-3-8-14-32)40(48)43(37)27-31-11-5-2-6-12-31/h2-23,36-39,45-47H,24-29H2,1H3/t36-,37-,38+,39-,41?,42?/m1/s1. The van der Waals surface area contributed by atoms with Crippen molar-refractivity contribution in [3.8, 4) is 5.75 Å². The predicted molar refractivity (Wildman–Crippen MR) is 189 cm³/mol. The lowest BCUT2D eigenvalue weighted by Crippen LogP contribution is -2.52. The molecule has 0 radical (unpaired) electrons. The molecule has 2 fully saturated rings. The second kappa shape index (κ2) is 13.7. The lowest BCUT2D eigenvalue weighted by atomic mass is 9.87. The van der Waals surface area contributed by atoms with E-state index in [-0.39, 0.29) is 30.8 Å². The number of benzene rings is 4. The summed E-state index contributed by atoms with van der Waals surface area (Å²) in [6.45, 7) is 3.14. The molecule has 1 spiro atoms. The molecule has 7 nitrogen and oxygen atoms in total. The number of phenols is 1. The second-order valence-electron chi connectivity index (χ2n) is 13.9. The number of carbonyl (C=O) groups is 1. The summed E-state index contributed by atoms with van der Waals surface area (Å²) in [5.41, 5.74) is 3.39. The van der Waals surface area contributed by atoms with Crippen molar-refractivity contribution < 1.29 is 24.9 Å². The van der Waals surface area contributed by atoms with Gasteiger partial charge in [-0.2, -0.15) is 0 Å². The van der Waals surface area contributed by atoms with Crippen molar-refractivity contribution in [1.29, 1.82) is 0 Å². The molecule has 2 aliphatic carbocycles. The van der Waals surface area contributed by atoms with E-state index in [2.05, 4.69) is 19.1 Å². The highest BCUT2D eigenvalue weighted by Gasteiger charge is 2.68. The number of nitrogens with zero attached hydrogens (tertiary/aromatic N) is 2. The Hall–Kier alpha value is -4.69. The van der Waals surface area contributed by atoms with Crippen LogP contribution in [0.5, 0.6) is 5.75 Å². The van der Waals surface area contributed by atoms with E-state index in [9.17, 15) is 15.3 Å². The molecule has 6 atom stereocenters. The van der Waals surface area contributed by atoms with Gasteiger partial charge in [-0.25, -0.2) is 4.79 Å². The molecule has 1 aliphatic heterocycles. The summed E-state index contributed by atoms with van der Waals surface area (Å²) in [5, 5.41) is 34.5. The van der Waals surface area contributed by atoms with Crippen molar-refractivity contribution in [1.82, 2.24) is 9.80 Å². The summed E-state index contributed by atoms with van der Waals surface area (Å²) in [7, 11) is 0. The SMILES string of the molecule is CC1(OCc2ccccc2)C=CC(C[C@@H]2[C@H](O)[C@@H](O)C3(C[C@@H]3c3ccc(O)cc3)N(Cc3ccccc3)C(=O)N2Cc2ccccc2)=CC1. The number of rotatable bonds is 10. The van der Waals surface area contributed by atoms with Gasteiger partial charge in [0.1, 0.15) is 18.0 Å². The number of ether oxygens (including phenoxy) is 1. The zero-order chi connectivity index (χ0) is 34.0. The summed E-state index contributed by atoms with van der Waals surface area (Å²) in [5.74, 6) is -0.0550. The van der Waals surface area contributed by atoms with Crippen molar-refractivity contribution in [2.45, 2.75) is 81.2 Å². The average molecular weight is 657 g/mol. The number of aliphatic hydroxyl groups is 2. The van der Waals surface area contributed by atoms with Crippen LogP contribution in [0.25, 0.3) is 0 Å². The quantitative estimate of drug-likeness (QED) is 0.169. The van der Waals surface area contributed by atoms with Crippen LogP contribution >= 0.6 is 0 Å². The zero-order valence-corrected chi connectivity index (χ0v) is 27.8. The van der Waals surface area contributed by atoms with E-state index in [0.717, 1.165) is 27.8 Å². The van der Waals surface area contributed by atoms with E-state index in [4.69, 9.17) is 4.74 Å². The minimum Gasteiger partial charge on any atom is -0.508 e. The molecular formula is C42H44N2O5. The Morgan fingerprint density at radius 2 is 1.39 bits per heavy atom. The Morgan fingerprint density at radius 1 is 0.796 bits per heavy atom. The first-order chi connectivity index (χ1) is 23.8. The smallest absolute Gasteiger partial charge is 0.321 e. The fourth-order valence-electron chi connectivity index (χ4n) is 7.58. The van der Waals surface area contributed by atoms with Crippen LogP contribution in [0.2, 0.25) is 0 Å². The van der Waals surface area contributed by atoms with Gasteiger partial charge in [-0.3, -0.25) is 0 Å². The second-order valence-corrected chi connectivity index (χ2v) is 13.9. The topological polar surface area (TPSA) is 93.5 Å². The van der Waals surface area contributed by atoms with E-state index in [0.29, 0.717) is 25.9 Å². The molecule has 7 rings (SSSR count). The minimum absolute atomic E-state index is 0.154. The van der Waals surface area contributed by atoms with Gasteiger partial charge < -0.3 is 29.9 Å². The Labute approximate surface area is 288 Å². The normalized spacial score (nSPS) is 28.0. The highest BCUT2D eigenvalue weighted by molar-refractivity contribution is 5.78. The molecule has 0 aromatic heterocycles. The van der Waals surface area contributed by atoms with Gasteiger partial charge >= 0.3 is 6.03 Å². The van der Waals surface area contributed by atoms with Crippen molar-refractivity contribution in [2.75, 3.05) is 0 Å². The first kappa shape index (κ1) is 32.8. The number of carbonyl (C=O) groups excluding carboxylic acids is 1. The third-order valence-electron chi connectivity index (χ3n) is 10.5. The summed E-state index contributed by atoms with van der Waals surface area (Å²) in [6, 6.07) is 35.8. The van der Waals surface area contributed by atoms with Gasteiger partial charge in [-0.05, 0) is 66.1 Å². The van der Waals surface area contributed by atoms with Gasteiger partial charge in [0.25, 0.3) is 0 Å². The van der Waals surface area contributed by atoms with Gasteiger partial charge in [0, 0.05) is 19.0 Å². The Kier molecular flexibility index (Phi) is 9.16. The van der Waals surface area contributed by atoms with Crippen LogP contribution in [0.4, 0.5) is 4.79 Å². The first-order valence-corrected chi connectivity index (χ1v) is 17.1. The van der Waals surface area contributed by atoms with Crippen molar-refractivity contribution in [2.24, 2.45) is 0 Å². The number of allylic oxidation sites excluding steroid dienone is 1. The maximum atomic E-state index is 15.0. The molecule has 2 unspecified atom stereocenters. The van der Waals surface area contributed by atoms with Crippen molar-refractivity contribution >= 4 is 6.03 Å². The van der Waals surface area contributed by atoms with Gasteiger partial charge in [-0.1, -0.05) is 121 Å². The van der Waals surface area contributed by atoms with Crippen LogP contribution in [-0.4, -0.2) is 60.5 Å². The zero-order valence-electron chi connectivity index (χ0n) is 27.8. The van der Waals surface area contributed by atoms with E-state index in [1.54, 1.807) is 21.9 Å². The van der Waals surface area contributed by atoms with Crippen LogP contribution in [-0.2, 0) is 24.4 Å². The summed E-state index contributed by atoms with van der Waals surface area (Å²) >= 11 is 0. The Bertz CT molecular complexity index is 1800. The third kappa shape index (κ3) is 6.79. The van der Waals surface area contributed by atoms with Gasteiger partial charge in [0.05, 0.1) is 23.8 Å². The van der Waals surface area contributed by atoms with Gasteiger partial charge in [-0.15, -0.1) is 0 Å². The lowest BCUT2D eigenvalue weighted by Gasteiger charge is -2.37. The maximum absolute atomic E-state index is 15.0. The number of hydrogen-bond acceptors (Lipinski definition) is 5. The number of phenolic OH excluding ortho intramolecular Hbond substituents is 1. The number of urea groups is 1. The molecule has 1 saturated carbocycles. The largest absolute Gasteiger partial charge is 0.508 e. The fraction of sp³-hybridized carbons (Fsp3) is 0.310. The van der Waals surface area contributed by atoms with Crippen molar-refractivity contribution in [3.63, 3.8) is 0 Å². The van der Waals surface area contributed by atoms with Crippen LogP contribution in [0, 0.1) is 0 Å². The van der Waals surface area contributed by atoms with Crippen LogP contribution in [0.3, 0.4) is 0 Å². The third-order valence-corrected chi connectivity index (χ3v) is 10.5. The molecule has 1 heterocycles. The van der Waals surface area contributed by atoms with Gasteiger partial charge in [0.15, 0.2) is 0 Å². The fourth-order valence-corrected chi connectivity index (χ4v) is 7.58. The molecular weight excluding hydrogens is 612 g/mol. The number of aliphatic hydroxyl groups excluding tert-OH is 2. The van der Waals surface area contributed by atoms with Crippen LogP contribution in [0.1, 0.15) is 54.4 Å². The predicted octanol–water partition coefficient (Wildman–Crippen LogP) is 7.10. The molecule has 3 N–H and O–H groups in total. The highest BCUT2D eigenvalue weighted by atomic mass is 16.5. The van der Waals surface area contributed by atoms with Crippen molar-refractivity contribution in [3.05, 3.63) is 161 Å². The van der Waals surface area contributed by atoms with E-state index in [1.165, 1.54) is 0 Å². The highest BCUT2D eigenvalue weighted by Crippen LogP contribution is 2.60. The molecule has 1 saturated heterocycles. The number of amides is 2.